The molecule has 1 N–H and O–H groups in total. The zero-order valence-corrected chi connectivity index (χ0v) is 22.2. The summed E-state index contributed by atoms with van der Waals surface area (Å²) in [5, 5.41) is 9.49. The lowest BCUT2D eigenvalue weighted by molar-refractivity contribution is 0.0948. The summed E-state index contributed by atoms with van der Waals surface area (Å²) < 4.78 is 60.7. The predicted octanol–water partition coefficient (Wildman–Crippen LogP) is 3.16. The predicted molar refractivity (Wildman–Crippen MR) is 134 cm³/mol. The third-order valence-corrected chi connectivity index (χ3v) is 8.05. The normalized spacial score (nSPS) is 13.2. The number of halogens is 1. The van der Waals surface area contributed by atoms with Crippen molar-refractivity contribution in [2.75, 3.05) is 26.1 Å². The van der Waals surface area contributed by atoms with Crippen molar-refractivity contribution in [2.45, 2.75) is 25.2 Å². The number of anilines is 1. The van der Waals surface area contributed by atoms with E-state index in [4.69, 9.17) is 14.2 Å². The van der Waals surface area contributed by atoms with Crippen LogP contribution in [-0.4, -0.2) is 64.7 Å². The van der Waals surface area contributed by atoms with Crippen LogP contribution in [0.3, 0.4) is 0 Å². The van der Waals surface area contributed by atoms with Crippen LogP contribution in [0, 0.1) is 12.7 Å². The van der Waals surface area contributed by atoms with Gasteiger partial charge in [0.05, 0.1) is 26.6 Å². The highest BCUT2D eigenvalue weighted by Gasteiger charge is 2.35. The Labute approximate surface area is 216 Å². The molecule has 4 rings (SSSR count). The molecule has 15 heteroatoms. The molecule has 0 aliphatic heterocycles. The first-order valence-electron chi connectivity index (χ1n) is 10.8. The van der Waals surface area contributed by atoms with Gasteiger partial charge in [-0.3, -0.25) is 9.29 Å². The highest BCUT2D eigenvalue weighted by atomic mass is 32.2. The summed E-state index contributed by atoms with van der Waals surface area (Å²) in [4.78, 5) is 12.2. The summed E-state index contributed by atoms with van der Waals surface area (Å²) in [5.74, 6) is 0.266. The number of thiazole rings is 1. The van der Waals surface area contributed by atoms with Gasteiger partial charge in [-0.25, -0.2) is 27.8 Å². The molecular formula is C22H24FN7O5S2. The summed E-state index contributed by atoms with van der Waals surface area (Å²) in [6.07, 6.45) is 0.776. The summed E-state index contributed by atoms with van der Waals surface area (Å²) in [6, 6.07) is 5.13. The molecule has 0 fully saturated rings. The zero-order chi connectivity index (χ0) is 26.7. The quantitative estimate of drug-likeness (QED) is 0.313. The standard InChI is InChI=1S/C22H24FN7O5S2/c1-12-11-36-21(26-12)20-27-28-22(30(20)17-15(33-3)7-6-8-16(17)34-4)29-37(31,32)13(2)18(35-5)19-24-9-14(23)10-25-19/h6-11,13,18H,1-5H3,(H,28,29)/t13-,18-/m0/s1. The minimum Gasteiger partial charge on any atom is -0.494 e. The Hall–Kier alpha value is -3.69. The number of sulfonamides is 1. The van der Waals surface area contributed by atoms with Gasteiger partial charge in [-0.15, -0.1) is 21.5 Å². The van der Waals surface area contributed by atoms with Crippen molar-refractivity contribution in [3.8, 4) is 28.0 Å². The van der Waals surface area contributed by atoms with Crippen LogP contribution >= 0.6 is 11.3 Å². The van der Waals surface area contributed by atoms with Gasteiger partial charge in [0.25, 0.3) is 0 Å². The molecule has 1 aromatic carbocycles. The fraction of sp³-hybridized carbons (Fsp3) is 0.318. The van der Waals surface area contributed by atoms with Gasteiger partial charge in [-0.1, -0.05) is 6.07 Å². The minimum atomic E-state index is -4.19. The van der Waals surface area contributed by atoms with Gasteiger partial charge < -0.3 is 14.2 Å². The number of nitrogens with zero attached hydrogens (tertiary/aromatic N) is 6. The van der Waals surface area contributed by atoms with Gasteiger partial charge >= 0.3 is 0 Å². The Morgan fingerprint density at radius 3 is 2.27 bits per heavy atom. The number of ether oxygens (including phenoxy) is 3. The molecule has 12 nitrogen and oxygen atoms in total. The Bertz CT molecular complexity index is 1470. The van der Waals surface area contributed by atoms with Crippen LogP contribution in [0.25, 0.3) is 16.5 Å². The lowest BCUT2D eigenvalue weighted by Gasteiger charge is -2.22. The molecule has 0 radical (unpaired) electrons. The zero-order valence-electron chi connectivity index (χ0n) is 20.5. The topological polar surface area (TPSA) is 143 Å². The molecule has 0 aliphatic carbocycles. The minimum absolute atomic E-state index is 0.00795. The molecule has 4 aromatic rings. The lowest BCUT2D eigenvalue weighted by atomic mass is 10.2. The van der Waals surface area contributed by atoms with E-state index in [-0.39, 0.29) is 17.6 Å². The number of aromatic nitrogens is 6. The van der Waals surface area contributed by atoms with Gasteiger partial charge in [-0.2, -0.15) is 0 Å². The number of para-hydroxylation sites is 1. The van der Waals surface area contributed by atoms with Crippen molar-refractivity contribution in [2.24, 2.45) is 0 Å². The van der Waals surface area contributed by atoms with Crippen LogP contribution in [0.15, 0.2) is 36.0 Å². The highest BCUT2D eigenvalue weighted by molar-refractivity contribution is 7.93. The molecule has 3 aromatic heterocycles. The SMILES string of the molecule is COc1cccc(OC)c1-n1c(NS(=O)(=O)[C@@H](C)[C@H](OC)c2ncc(F)cn2)nnc1-c1nc(C)cs1. The molecule has 0 saturated carbocycles. The summed E-state index contributed by atoms with van der Waals surface area (Å²) in [7, 11) is 0.0867. The van der Waals surface area contributed by atoms with E-state index in [0.29, 0.717) is 22.2 Å². The maximum atomic E-state index is 13.5. The number of benzene rings is 1. The monoisotopic (exact) mass is 549 g/mol. The molecule has 3 heterocycles. The van der Waals surface area contributed by atoms with E-state index in [1.165, 1.54) is 44.2 Å². The molecule has 0 bridgehead atoms. The Kier molecular flexibility index (Phi) is 7.65. The smallest absolute Gasteiger partial charge is 0.243 e. The van der Waals surface area contributed by atoms with Crippen molar-refractivity contribution in [1.29, 1.82) is 0 Å². The average molecular weight is 550 g/mol. The van der Waals surface area contributed by atoms with Gasteiger partial charge in [-0.05, 0) is 26.0 Å². The van der Waals surface area contributed by atoms with Gasteiger partial charge in [0.2, 0.25) is 16.0 Å². The second-order valence-corrected chi connectivity index (χ2v) is 10.7. The molecular weight excluding hydrogens is 525 g/mol. The van der Waals surface area contributed by atoms with Crippen LogP contribution in [0.2, 0.25) is 0 Å². The van der Waals surface area contributed by atoms with Crippen LogP contribution < -0.4 is 14.2 Å². The maximum absolute atomic E-state index is 13.5. The molecule has 0 unspecified atom stereocenters. The molecule has 37 heavy (non-hydrogen) atoms. The van der Waals surface area contributed by atoms with E-state index in [1.807, 2.05) is 12.3 Å². The third kappa shape index (κ3) is 5.23. The fourth-order valence-electron chi connectivity index (χ4n) is 3.57. The van der Waals surface area contributed by atoms with Gasteiger partial charge in [0.1, 0.15) is 28.5 Å². The molecule has 2 atom stereocenters. The van der Waals surface area contributed by atoms with E-state index in [2.05, 4.69) is 29.9 Å². The summed E-state index contributed by atoms with van der Waals surface area (Å²) in [5.41, 5.74) is 1.13. The van der Waals surface area contributed by atoms with E-state index in [0.717, 1.165) is 18.1 Å². The number of methoxy groups -OCH3 is 3. The largest absolute Gasteiger partial charge is 0.494 e. The Balaban J connectivity index is 1.82. The van der Waals surface area contributed by atoms with Crippen molar-refractivity contribution in [3.05, 3.63) is 53.3 Å². The Morgan fingerprint density at radius 2 is 1.73 bits per heavy atom. The van der Waals surface area contributed by atoms with Crippen LogP contribution in [0.4, 0.5) is 10.3 Å². The fourth-order valence-corrected chi connectivity index (χ4v) is 5.47. The maximum Gasteiger partial charge on any atom is 0.243 e. The van der Waals surface area contributed by atoms with Crippen molar-refractivity contribution in [3.63, 3.8) is 0 Å². The summed E-state index contributed by atoms with van der Waals surface area (Å²) in [6.45, 7) is 3.25. The average Bonchev–Trinajstić information content (AvgIpc) is 3.50. The number of rotatable bonds is 10. The van der Waals surface area contributed by atoms with Gasteiger partial charge in [0, 0.05) is 18.2 Å². The van der Waals surface area contributed by atoms with Crippen LogP contribution in [-0.2, 0) is 14.8 Å². The Morgan fingerprint density at radius 1 is 1.08 bits per heavy atom. The van der Waals surface area contributed by atoms with E-state index >= 15 is 0 Å². The summed E-state index contributed by atoms with van der Waals surface area (Å²) >= 11 is 1.32. The number of aryl methyl sites for hydroxylation is 1. The molecule has 196 valence electrons. The van der Waals surface area contributed by atoms with Gasteiger partial charge in [0.15, 0.2) is 22.5 Å². The highest BCUT2D eigenvalue weighted by Crippen LogP contribution is 2.38. The van der Waals surface area contributed by atoms with Crippen LogP contribution in [0.5, 0.6) is 11.5 Å². The lowest BCUT2D eigenvalue weighted by Crippen LogP contribution is -2.33. The van der Waals surface area contributed by atoms with Crippen LogP contribution in [0.1, 0.15) is 24.5 Å². The molecule has 0 saturated heterocycles. The van der Waals surface area contributed by atoms with E-state index < -0.39 is 27.2 Å². The first-order chi connectivity index (χ1) is 17.7. The van der Waals surface area contributed by atoms with Crippen molar-refractivity contribution in [1.82, 2.24) is 29.7 Å². The molecule has 0 aliphatic rings. The van der Waals surface area contributed by atoms with E-state index in [9.17, 15) is 12.8 Å². The number of hydrogen-bond donors (Lipinski definition) is 1. The second-order valence-electron chi connectivity index (χ2n) is 7.76. The van der Waals surface area contributed by atoms with Crippen molar-refractivity contribution < 1.29 is 27.0 Å². The number of nitrogens with one attached hydrogen (secondary N) is 1. The van der Waals surface area contributed by atoms with Crippen molar-refractivity contribution >= 4 is 27.3 Å². The third-order valence-electron chi connectivity index (χ3n) is 5.40. The molecule has 0 spiro atoms. The number of hydrogen-bond acceptors (Lipinski definition) is 11. The molecule has 0 amide bonds. The second kappa shape index (κ2) is 10.7. The van der Waals surface area contributed by atoms with E-state index in [1.54, 1.807) is 18.2 Å². The first kappa shape index (κ1) is 26.4. The first-order valence-corrected chi connectivity index (χ1v) is 13.2.